The third-order valence-corrected chi connectivity index (χ3v) is 6.13. The van der Waals surface area contributed by atoms with Crippen molar-refractivity contribution in [1.29, 1.82) is 0 Å². The van der Waals surface area contributed by atoms with Crippen molar-refractivity contribution in [1.82, 2.24) is 0 Å². The summed E-state index contributed by atoms with van der Waals surface area (Å²) in [4.78, 5) is 24.4. The van der Waals surface area contributed by atoms with Crippen LogP contribution in [0, 0.1) is 22.0 Å². The van der Waals surface area contributed by atoms with E-state index in [0.717, 1.165) is 18.4 Å². The molecule has 0 unspecified atom stereocenters. The SMILES string of the molecule is COc1ccc(C(=O)[C@@H]2[C@H](CC=C(C)C)C(C)=CC[C@H]2c2ccc([N+](=O)[O-])cc2)cc1. The Morgan fingerprint density at radius 1 is 1.13 bits per heavy atom. The lowest BCUT2D eigenvalue weighted by atomic mass is 9.66. The molecule has 0 spiro atoms. The van der Waals surface area contributed by atoms with Gasteiger partial charge in [0.15, 0.2) is 5.78 Å². The molecule has 5 nitrogen and oxygen atoms in total. The van der Waals surface area contributed by atoms with Gasteiger partial charge in [-0.15, -0.1) is 0 Å². The second-order valence-electron chi connectivity index (χ2n) is 8.38. The van der Waals surface area contributed by atoms with E-state index in [2.05, 4.69) is 32.9 Å². The smallest absolute Gasteiger partial charge is 0.269 e. The number of carbonyl (C=O) groups excluding carboxylic acids is 1. The highest BCUT2D eigenvalue weighted by Crippen LogP contribution is 2.45. The molecule has 0 fully saturated rings. The molecule has 3 atom stereocenters. The molecule has 2 aromatic carbocycles. The summed E-state index contributed by atoms with van der Waals surface area (Å²) in [6.07, 6.45) is 5.93. The third-order valence-electron chi connectivity index (χ3n) is 6.13. The molecule has 0 radical (unpaired) electrons. The lowest BCUT2D eigenvalue weighted by Gasteiger charge is -2.37. The topological polar surface area (TPSA) is 69.4 Å². The first-order valence-electron chi connectivity index (χ1n) is 10.5. The molecule has 5 heteroatoms. The summed E-state index contributed by atoms with van der Waals surface area (Å²) in [6, 6.07) is 13.9. The average Bonchev–Trinajstić information content (AvgIpc) is 2.77. The van der Waals surface area contributed by atoms with Gasteiger partial charge in [-0.3, -0.25) is 14.9 Å². The van der Waals surface area contributed by atoms with Crippen LogP contribution in [0.5, 0.6) is 5.75 Å². The summed E-state index contributed by atoms with van der Waals surface area (Å²) in [5, 5.41) is 11.1. The summed E-state index contributed by atoms with van der Waals surface area (Å²) >= 11 is 0. The zero-order chi connectivity index (χ0) is 22.5. The van der Waals surface area contributed by atoms with Crippen LogP contribution >= 0.6 is 0 Å². The Morgan fingerprint density at radius 3 is 2.32 bits per heavy atom. The van der Waals surface area contributed by atoms with Crippen LogP contribution in [0.15, 0.2) is 71.8 Å². The standard InChI is InChI=1S/C26H29NO4/c1-17(2)5-15-23-18(3)6-16-24(19-7-11-21(12-8-19)27(29)30)25(23)26(28)20-9-13-22(31-4)14-10-20/h5-14,23-25H,15-16H2,1-4H3/t23-,24+,25-/m1/s1. The molecule has 162 valence electrons. The molecular formula is C26H29NO4. The fraction of sp³-hybridized carbons (Fsp3) is 0.346. The monoisotopic (exact) mass is 419 g/mol. The van der Waals surface area contributed by atoms with Crippen molar-refractivity contribution in [2.75, 3.05) is 7.11 Å². The zero-order valence-electron chi connectivity index (χ0n) is 18.5. The predicted molar refractivity (Wildman–Crippen MR) is 123 cm³/mol. The summed E-state index contributed by atoms with van der Waals surface area (Å²) in [7, 11) is 1.60. The molecule has 0 heterocycles. The number of nitro benzene ring substituents is 1. The second kappa shape index (κ2) is 9.73. The zero-order valence-corrected chi connectivity index (χ0v) is 18.5. The lowest BCUT2D eigenvalue weighted by molar-refractivity contribution is -0.384. The molecule has 0 amide bonds. The van der Waals surface area contributed by atoms with Crippen molar-refractivity contribution in [3.05, 3.63) is 93.1 Å². The lowest BCUT2D eigenvalue weighted by Crippen LogP contribution is -2.33. The molecule has 2 aromatic rings. The Kier molecular flexibility index (Phi) is 7.06. The van der Waals surface area contributed by atoms with Crippen LogP contribution in [0.2, 0.25) is 0 Å². The summed E-state index contributed by atoms with van der Waals surface area (Å²) in [5.74, 6) is 0.624. The number of ether oxygens (including phenoxy) is 1. The molecular weight excluding hydrogens is 390 g/mol. The Balaban J connectivity index is 2.03. The molecule has 31 heavy (non-hydrogen) atoms. The van der Waals surface area contributed by atoms with Crippen LogP contribution in [0.1, 0.15) is 55.5 Å². The quantitative estimate of drug-likeness (QED) is 0.222. The Labute approximate surface area is 183 Å². The maximum atomic E-state index is 13.8. The van der Waals surface area contributed by atoms with Gasteiger partial charge in [0.25, 0.3) is 5.69 Å². The fourth-order valence-electron chi connectivity index (χ4n) is 4.37. The van der Waals surface area contributed by atoms with Crippen LogP contribution in [0.25, 0.3) is 0 Å². The van der Waals surface area contributed by atoms with Gasteiger partial charge in [-0.2, -0.15) is 0 Å². The van der Waals surface area contributed by atoms with Gasteiger partial charge >= 0.3 is 0 Å². The van der Waals surface area contributed by atoms with Crippen LogP contribution < -0.4 is 4.74 Å². The first-order chi connectivity index (χ1) is 14.8. The number of nitrogens with zero attached hydrogens (tertiary/aromatic N) is 1. The molecule has 1 aliphatic rings. The number of hydrogen-bond donors (Lipinski definition) is 0. The normalized spacial score (nSPS) is 20.5. The Hall–Kier alpha value is -3.21. The van der Waals surface area contributed by atoms with E-state index < -0.39 is 4.92 Å². The highest BCUT2D eigenvalue weighted by Gasteiger charge is 2.39. The van der Waals surface area contributed by atoms with E-state index in [1.54, 1.807) is 19.2 Å². The van der Waals surface area contributed by atoms with Crippen LogP contribution in [0.3, 0.4) is 0 Å². The second-order valence-corrected chi connectivity index (χ2v) is 8.38. The van der Waals surface area contributed by atoms with Gasteiger partial charge in [0.2, 0.25) is 0 Å². The van der Waals surface area contributed by atoms with E-state index in [4.69, 9.17) is 4.74 Å². The summed E-state index contributed by atoms with van der Waals surface area (Å²) < 4.78 is 5.24. The maximum absolute atomic E-state index is 13.8. The number of allylic oxidation sites excluding steroid dienone is 4. The third kappa shape index (κ3) is 5.10. The molecule has 0 saturated heterocycles. The number of methoxy groups -OCH3 is 1. The van der Waals surface area contributed by atoms with Gasteiger partial charge in [-0.1, -0.05) is 35.4 Å². The van der Waals surface area contributed by atoms with E-state index in [9.17, 15) is 14.9 Å². The predicted octanol–water partition coefficient (Wildman–Crippen LogP) is 6.51. The maximum Gasteiger partial charge on any atom is 0.269 e. The van der Waals surface area contributed by atoms with Crippen molar-refractivity contribution in [3.8, 4) is 5.75 Å². The van der Waals surface area contributed by atoms with Gasteiger partial charge in [-0.25, -0.2) is 0 Å². The summed E-state index contributed by atoms with van der Waals surface area (Å²) in [6.45, 7) is 6.23. The number of Topliss-reactive ketones (excluding diaryl/α,β-unsaturated/α-hetero) is 1. The van der Waals surface area contributed by atoms with Crippen LogP contribution in [0.4, 0.5) is 5.69 Å². The first-order valence-corrected chi connectivity index (χ1v) is 10.5. The number of ketones is 1. The first kappa shape index (κ1) is 22.5. The van der Waals surface area contributed by atoms with E-state index in [0.29, 0.717) is 11.3 Å². The Bertz CT molecular complexity index is 999. The largest absolute Gasteiger partial charge is 0.497 e. The highest BCUT2D eigenvalue weighted by atomic mass is 16.6. The summed E-state index contributed by atoms with van der Waals surface area (Å²) in [5.41, 5.74) is 4.13. The molecule has 0 bridgehead atoms. The number of rotatable bonds is 7. The molecule has 0 aromatic heterocycles. The number of benzene rings is 2. The van der Waals surface area contributed by atoms with E-state index >= 15 is 0 Å². The number of non-ortho nitro benzene ring substituents is 1. The van der Waals surface area contributed by atoms with Gasteiger partial charge in [0.05, 0.1) is 12.0 Å². The number of hydrogen-bond acceptors (Lipinski definition) is 4. The minimum atomic E-state index is -0.397. The highest BCUT2D eigenvalue weighted by molar-refractivity contribution is 5.99. The van der Waals surface area contributed by atoms with E-state index in [1.807, 2.05) is 24.3 Å². The minimum absolute atomic E-state index is 0.0327. The van der Waals surface area contributed by atoms with Crippen molar-refractivity contribution in [3.63, 3.8) is 0 Å². The molecule has 3 rings (SSSR count). The van der Waals surface area contributed by atoms with E-state index in [1.165, 1.54) is 23.3 Å². The average molecular weight is 420 g/mol. The molecule has 0 saturated carbocycles. The van der Waals surface area contributed by atoms with Crippen LogP contribution in [-0.4, -0.2) is 17.8 Å². The van der Waals surface area contributed by atoms with Gasteiger partial charge in [-0.05, 0) is 75.3 Å². The van der Waals surface area contributed by atoms with Crippen LogP contribution in [-0.2, 0) is 0 Å². The van der Waals surface area contributed by atoms with Crippen molar-refractivity contribution in [2.24, 2.45) is 11.8 Å². The van der Waals surface area contributed by atoms with Gasteiger partial charge < -0.3 is 4.74 Å². The Morgan fingerprint density at radius 2 is 1.77 bits per heavy atom. The van der Waals surface area contributed by atoms with Gasteiger partial charge in [0.1, 0.15) is 5.75 Å². The fourth-order valence-corrected chi connectivity index (χ4v) is 4.37. The number of carbonyl (C=O) groups is 1. The van der Waals surface area contributed by atoms with Crippen molar-refractivity contribution < 1.29 is 14.5 Å². The van der Waals surface area contributed by atoms with E-state index in [-0.39, 0.29) is 29.2 Å². The van der Waals surface area contributed by atoms with Gasteiger partial charge in [0, 0.05) is 23.6 Å². The molecule has 0 N–H and O–H groups in total. The van der Waals surface area contributed by atoms with Crippen molar-refractivity contribution in [2.45, 2.75) is 39.5 Å². The number of nitro groups is 1. The van der Waals surface area contributed by atoms with Crippen molar-refractivity contribution >= 4 is 11.5 Å². The minimum Gasteiger partial charge on any atom is -0.497 e. The molecule has 0 aliphatic heterocycles. The molecule has 1 aliphatic carbocycles.